The van der Waals surface area contributed by atoms with E-state index in [-0.39, 0.29) is 23.2 Å². The fourth-order valence-electron chi connectivity index (χ4n) is 3.67. The van der Waals surface area contributed by atoms with E-state index in [0.29, 0.717) is 13.0 Å². The van der Waals surface area contributed by atoms with Gasteiger partial charge >= 0.3 is 5.97 Å². The first-order chi connectivity index (χ1) is 10.9. The number of carboxylic acid groups (broad SMARTS) is 1. The quantitative estimate of drug-likeness (QED) is 0.874. The Balaban J connectivity index is 1.73. The third-order valence-corrected chi connectivity index (χ3v) is 4.94. The molecule has 1 aromatic carbocycles. The number of amides is 1. The van der Waals surface area contributed by atoms with Crippen LogP contribution in [0.1, 0.15) is 38.7 Å². The number of nitrogens with one attached hydrogen (secondary N) is 1. The third kappa shape index (κ3) is 2.92. The maximum Gasteiger partial charge on any atom is 0.326 e. The Kier molecular flexibility index (Phi) is 4.04. The van der Waals surface area contributed by atoms with E-state index < -0.39 is 12.0 Å². The van der Waals surface area contributed by atoms with Crippen LogP contribution in [0, 0.1) is 11.8 Å². The molecule has 0 bridgehead atoms. The Bertz CT molecular complexity index is 627. The third-order valence-electron chi connectivity index (χ3n) is 4.94. The first kappa shape index (κ1) is 15.8. The topological polar surface area (TPSA) is 75.6 Å². The van der Waals surface area contributed by atoms with Crippen LogP contribution in [0.5, 0.6) is 5.75 Å². The molecule has 0 aromatic heterocycles. The normalized spacial score (nSPS) is 26.3. The van der Waals surface area contributed by atoms with E-state index >= 15 is 0 Å². The maximum absolute atomic E-state index is 12.6. The van der Waals surface area contributed by atoms with E-state index in [0.717, 1.165) is 24.2 Å². The van der Waals surface area contributed by atoms with Crippen molar-refractivity contribution in [2.24, 2.45) is 11.8 Å². The Morgan fingerprint density at radius 1 is 1.39 bits per heavy atom. The van der Waals surface area contributed by atoms with Crippen molar-refractivity contribution in [1.29, 1.82) is 0 Å². The van der Waals surface area contributed by atoms with Crippen LogP contribution in [0.4, 0.5) is 0 Å². The number of para-hydroxylation sites is 1. The molecule has 1 aliphatic carbocycles. The van der Waals surface area contributed by atoms with Crippen LogP contribution in [0.25, 0.3) is 0 Å². The fourth-order valence-corrected chi connectivity index (χ4v) is 3.67. The van der Waals surface area contributed by atoms with E-state index in [9.17, 15) is 14.7 Å². The molecule has 23 heavy (non-hydrogen) atoms. The fraction of sp³-hybridized carbons (Fsp3) is 0.556. The molecule has 1 heterocycles. The molecule has 2 unspecified atom stereocenters. The molecule has 1 amide bonds. The lowest BCUT2D eigenvalue weighted by atomic mass is 9.87. The first-order valence-electron chi connectivity index (χ1n) is 8.19. The predicted octanol–water partition coefficient (Wildman–Crippen LogP) is 2.34. The van der Waals surface area contributed by atoms with Gasteiger partial charge in [-0.15, -0.1) is 0 Å². The van der Waals surface area contributed by atoms with Crippen molar-refractivity contribution >= 4 is 11.9 Å². The summed E-state index contributed by atoms with van der Waals surface area (Å²) in [6, 6.07) is 7.03. The summed E-state index contributed by atoms with van der Waals surface area (Å²) in [4.78, 5) is 23.9. The smallest absolute Gasteiger partial charge is 0.326 e. The Morgan fingerprint density at radius 3 is 2.83 bits per heavy atom. The van der Waals surface area contributed by atoms with E-state index in [1.54, 1.807) is 0 Å². The van der Waals surface area contributed by atoms with Gasteiger partial charge in [-0.25, -0.2) is 4.79 Å². The van der Waals surface area contributed by atoms with Gasteiger partial charge in [-0.1, -0.05) is 32.0 Å². The highest BCUT2D eigenvalue weighted by atomic mass is 16.5. The molecule has 2 aliphatic rings. The molecule has 1 aliphatic heterocycles. The molecule has 1 fully saturated rings. The molecule has 2 N–H and O–H groups in total. The minimum atomic E-state index is -0.964. The van der Waals surface area contributed by atoms with Crippen LogP contribution in [-0.4, -0.2) is 29.6 Å². The molecule has 3 atom stereocenters. The van der Waals surface area contributed by atoms with E-state index in [4.69, 9.17) is 4.74 Å². The summed E-state index contributed by atoms with van der Waals surface area (Å²) in [7, 11) is 0. The van der Waals surface area contributed by atoms with Gasteiger partial charge in [-0.3, -0.25) is 4.79 Å². The van der Waals surface area contributed by atoms with Gasteiger partial charge in [0.15, 0.2) is 0 Å². The molecule has 1 spiro atoms. The molecule has 3 rings (SSSR count). The number of hydrogen-bond donors (Lipinski definition) is 2. The molecule has 124 valence electrons. The van der Waals surface area contributed by atoms with Gasteiger partial charge in [0.2, 0.25) is 5.91 Å². The van der Waals surface area contributed by atoms with E-state index in [1.165, 1.54) is 0 Å². The number of hydrogen-bond acceptors (Lipinski definition) is 3. The molecule has 0 saturated heterocycles. The van der Waals surface area contributed by atoms with Crippen molar-refractivity contribution in [3.8, 4) is 5.75 Å². The minimum Gasteiger partial charge on any atom is -0.493 e. The molecular formula is C18H23NO4. The summed E-state index contributed by atoms with van der Waals surface area (Å²) in [5.74, 6) is -0.190. The summed E-state index contributed by atoms with van der Waals surface area (Å²) in [6.07, 6.45) is 2.03. The maximum atomic E-state index is 12.6. The highest BCUT2D eigenvalue weighted by Crippen LogP contribution is 2.60. The lowest BCUT2D eigenvalue weighted by molar-refractivity contribution is -0.142. The minimum absolute atomic E-state index is 0.144. The largest absolute Gasteiger partial charge is 0.493 e. The standard InChI is InChI=1S/C18H23NO4/c1-11(2)9-14(17(21)22)19-16(20)13-10-18(13)7-8-23-15-6-4-3-5-12(15)18/h3-6,11,13-14H,7-10H2,1-2H3,(H,19,20)(H,21,22)/t13?,14-,18?/m1/s1. The van der Waals surface area contributed by atoms with Gasteiger partial charge in [-0.2, -0.15) is 0 Å². The summed E-state index contributed by atoms with van der Waals surface area (Å²) < 4.78 is 5.67. The van der Waals surface area contributed by atoms with Gasteiger partial charge in [0.25, 0.3) is 0 Å². The number of rotatable bonds is 5. The van der Waals surface area contributed by atoms with Crippen LogP contribution in [0.2, 0.25) is 0 Å². The highest BCUT2D eigenvalue weighted by Gasteiger charge is 2.61. The average Bonchev–Trinajstić information content (AvgIpc) is 3.21. The van der Waals surface area contributed by atoms with Crippen molar-refractivity contribution < 1.29 is 19.4 Å². The molecule has 5 nitrogen and oxygen atoms in total. The molecule has 5 heteroatoms. The molecule has 0 radical (unpaired) electrons. The van der Waals surface area contributed by atoms with Gasteiger partial charge in [-0.05, 0) is 31.2 Å². The van der Waals surface area contributed by atoms with Crippen LogP contribution in [-0.2, 0) is 15.0 Å². The van der Waals surface area contributed by atoms with Crippen LogP contribution >= 0.6 is 0 Å². The van der Waals surface area contributed by atoms with Crippen LogP contribution < -0.4 is 10.1 Å². The molecule has 1 saturated carbocycles. The monoisotopic (exact) mass is 317 g/mol. The molecule has 1 aromatic rings. The van der Waals surface area contributed by atoms with E-state index in [2.05, 4.69) is 5.32 Å². The van der Waals surface area contributed by atoms with Crippen molar-refractivity contribution in [3.63, 3.8) is 0 Å². The van der Waals surface area contributed by atoms with Gasteiger partial charge in [0, 0.05) is 16.9 Å². The second kappa shape index (κ2) is 5.87. The number of carbonyl (C=O) groups excluding carboxylic acids is 1. The zero-order valence-corrected chi connectivity index (χ0v) is 13.5. The van der Waals surface area contributed by atoms with Crippen molar-refractivity contribution in [3.05, 3.63) is 29.8 Å². The SMILES string of the molecule is CC(C)C[C@@H](NC(=O)C1CC12CCOc1ccccc12)C(=O)O. The Labute approximate surface area is 136 Å². The van der Waals surface area contributed by atoms with Crippen LogP contribution in [0.15, 0.2) is 24.3 Å². The molecular weight excluding hydrogens is 294 g/mol. The van der Waals surface area contributed by atoms with Crippen LogP contribution in [0.3, 0.4) is 0 Å². The second-order valence-electron chi connectivity index (χ2n) is 7.04. The summed E-state index contributed by atoms with van der Waals surface area (Å²) in [5, 5.41) is 12.0. The zero-order chi connectivity index (χ0) is 16.6. The van der Waals surface area contributed by atoms with E-state index in [1.807, 2.05) is 38.1 Å². The number of ether oxygens (including phenoxy) is 1. The predicted molar refractivity (Wildman–Crippen MR) is 85.4 cm³/mol. The average molecular weight is 317 g/mol. The van der Waals surface area contributed by atoms with Crippen molar-refractivity contribution in [1.82, 2.24) is 5.32 Å². The number of fused-ring (bicyclic) bond motifs is 2. The van der Waals surface area contributed by atoms with Crippen molar-refractivity contribution in [2.75, 3.05) is 6.61 Å². The highest BCUT2D eigenvalue weighted by molar-refractivity contribution is 5.88. The van der Waals surface area contributed by atoms with Gasteiger partial charge in [0.1, 0.15) is 11.8 Å². The Morgan fingerprint density at radius 2 is 2.13 bits per heavy atom. The van der Waals surface area contributed by atoms with Gasteiger partial charge < -0.3 is 15.2 Å². The zero-order valence-electron chi connectivity index (χ0n) is 13.5. The summed E-state index contributed by atoms with van der Waals surface area (Å²) in [6.45, 7) is 4.51. The van der Waals surface area contributed by atoms with Crippen molar-refractivity contribution in [2.45, 2.75) is 44.6 Å². The number of aliphatic carboxylic acids is 1. The lowest BCUT2D eigenvalue weighted by Crippen LogP contribution is -2.43. The number of carboxylic acids is 1. The Hall–Kier alpha value is -2.04. The summed E-state index contributed by atoms with van der Waals surface area (Å²) in [5.41, 5.74) is 0.918. The lowest BCUT2D eigenvalue weighted by Gasteiger charge is -2.27. The number of carbonyl (C=O) groups is 2. The summed E-state index contributed by atoms with van der Waals surface area (Å²) >= 11 is 0. The van der Waals surface area contributed by atoms with Gasteiger partial charge in [0.05, 0.1) is 6.61 Å². The number of benzene rings is 1. The second-order valence-corrected chi connectivity index (χ2v) is 7.04. The first-order valence-corrected chi connectivity index (χ1v) is 8.19.